The minimum atomic E-state index is 0.660. The summed E-state index contributed by atoms with van der Waals surface area (Å²) in [6, 6.07) is 12.3. The minimum Gasteiger partial charge on any atom is -0.497 e. The number of thiocarbonyl (C=S) groups is 1. The maximum atomic E-state index is 5.86. The zero-order chi connectivity index (χ0) is 22.9. The van der Waals surface area contributed by atoms with Crippen molar-refractivity contribution >= 4 is 23.0 Å². The molecule has 1 N–H and O–H groups in total. The molecule has 0 aliphatic carbocycles. The second-order valence-electron chi connectivity index (χ2n) is 8.21. The number of methoxy groups -OCH3 is 2. The first-order chi connectivity index (χ1) is 15.5. The van der Waals surface area contributed by atoms with Gasteiger partial charge in [0.25, 0.3) is 0 Å². The number of benzene rings is 2. The zero-order valence-electron chi connectivity index (χ0n) is 19.6. The van der Waals surface area contributed by atoms with Gasteiger partial charge in [-0.2, -0.15) is 0 Å². The molecule has 1 saturated heterocycles. The fourth-order valence-electron chi connectivity index (χ4n) is 4.00. The largest absolute Gasteiger partial charge is 0.497 e. The van der Waals surface area contributed by atoms with E-state index in [0.717, 1.165) is 73.7 Å². The second-order valence-corrected chi connectivity index (χ2v) is 8.60. The Balaban J connectivity index is 1.72. The Labute approximate surface area is 197 Å². The predicted molar refractivity (Wildman–Crippen MR) is 134 cm³/mol. The molecule has 1 aliphatic heterocycles. The summed E-state index contributed by atoms with van der Waals surface area (Å²) in [4.78, 5) is 4.67. The van der Waals surface area contributed by atoms with E-state index in [-0.39, 0.29) is 0 Å². The van der Waals surface area contributed by atoms with Crippen molar-refractivity contribution in [3.63, 3.8) is 0 Å². The third-order valence-electron chi connectivity index (χ3n) is 5.62. The van der Waals surface area contributed by atoms with Crippen LogP contribution in [0, 0.1) is 13.8 Å². The van der Waals surface area contributed by atoms with Crippen LogP contribution in [0.2, 0.25) is 0 Å². The first-order valence-corrected chi connectivity index (χ1v) is 11.5. The zero-order valence-corrected chi connectivity index (χ0v) is 20.5. The lowest BCUT2D eigenvalue weighted by atomic mass is 10.1. The molecule has 0 amide bonds. The van der Waals surface area contributed by atoms with Crippen LogP contribution in [0.15, 0.2) is 36.4 Å². The van der Waals surface area contributed by atoms with Crippen LogP contribution in [-0.4, -0.2) is 68.5 Å². The average Bonchev–Trinajstić information content (AvgIpc) is 2.78. The standard InChI is InChI=1S/C25H35N3O3S/c1-19-14-20(2)16-22(15-19)26-25(32)28(9-5-8-27-10-12-31-13-11-27)18-21-6-7-23(29-3)17-24(21)30-4/h6-7,14-17H,5,8-13,18H2,1-4H3,(H,26,32). The highest BCUT2D eigenvalue weighted by molar-refractivity contribution is 7.80. The Morgan fingerprint density at radius 1 is 1.06 bits per heavy atom. The molecule has 1 fully saturated rings. The van der Waals surface area contributed by atoms with Crippen molar-refractivity contribution < 1.29 is 14.2 Å². The molecule has 0 aromatic heterocycles. The van der Waals surface area contributed by atoms with Gasteiger partial charge < -0.3 is 24.4 Å². The summed E-state index contributed by atoms with van der Waals surface area (Å²) in [6.07, 6.45) is 1.02. The van der Waals surface area contributed by atoms with Gasteiger partial charge in [-0.15, -0.1) is 0 Å². The van der Waals surface area contributed by atoms with E-state index in [0.29, 0.717) is 6.54 Å². The normalized spacial score (nSPS) is 14.1. The molecule has 6 nitrogen and oxygen atoms in total. The minimum absolute atomic E-state index is 0.660. The second kappa shape index (κ2) is 12.0. The van der Waals surface area contributed by atoms with Crippen LogP contribution in [0.5, 0.6) is 11.5 Å². The summed E-state index contributed by atoms with van der Waals surface area (Å²) in [6.45, 7) is 10.4. The monoisotopic (exact) mass is 457 g/mol. The van der Waals surface area contributed by atoms with E-state index in [1.807, 2.05) is 18.2 Å². The van der Waals surface area contributed by atoms with Gasteiger partial charge in [-0.3, -0.25) is 4.90 Å². The first-order valence-electron chi connectivity index (χ1n) is 11.1. The summed E-state index contributed by atoms with van der Waals surface area (Å²) in [5.41, 5.74) is 4.52. The van der Waals surface area contributed by atoms with Crippen LogP contribution in [0.3, 0.4) is 0 Å². The fourth-order valence-corrected chi connectivity index (χ4v) is 4.27. The van der Waals surface area contributed by atoms with Gasteiger partial charge in [-0.05, 0) is 67.9 Å². The van der Waals surface area contributed by atoms with Gasteiger partial charge in [-0.25, -0.2) is 0 Å². The fraction of sp³-hybridized carbons (Fsp3) is 0.480. The number of ether oxygens (including phenoxy) is 3. The third-order valence-corrected chi connectivity index (χ3v) is 5.98. The van der Waals surface area contributed by atoms with Gasteiger partial charge >= 0.3 is 0 Å². The summed E-state index contributed by atoms with van der Waals surface area (Å²) in [5.74, 6) is 1.58. The quantitative estimate of drug-likeness (QED) is 0.565. The number of aryl methyl sites for hydroxylation is 2. The maximum absolute atomic E-state index is 5.86. The molecule has 7 heteroatoms. The topological polar surface area (TPSA) is 46.2 Å². The summed E-state index contributed by atoms with van der Waals surface area (Å²) in [5, 5.41) is 4.17. The number of nitrogens with one attached hydrogen (secondary N) is 1. The van der Waals surface area contributed by atoms with Crippen LogP contribution >= 0.6 is 12.2 Å². The number of rotatable bonds is 9. The van der Waals surface area contributed by atoms with E-state index in [9.17, 15) is 0 Å². The number of hydrogen-bond donors (Lipinski definition) is 1. The van der Waals surface area contributed by atoms with Crippen molar-refractivity contribution in [2.24, 2.45) is 0 Å². The van der Waals surface area contributed by atoms with Crippen molar-refractivity contribution in [1.29, 1.82) is 0 Å². The Kier molecular flexibility index (Phi) is 9.14. The van der Waals surface area contributed by atoms with Crippen molar-refractivity contribution in [3.05, 3.63) is 53.1 Å². The lowest BCUT2D eigenvalue weighted by Gasteiger charge is -2.30. The molecule has 0 atom stereocenters. The molecule has 174 valence electrons. The predicted octanol–water partition coefficient (Wildman–Crippen LogP) is 4.24. The molecule has 1 heterocycles. The lowest BCUT2D eigenvalue weighted by molar-refractivity contribution is 0.0367. The maximum Gasteiger partial charge on any atom is 0.173 e. The molecule has 0 bridgehead atoms. The van der Waals surface area contributed by atoms with Crippen LogP contribution < -0.4 is 14.8 Å². The van der Waals surface area contributed by atoms with Crippen molar-refractivity contribution in [1.82, 2.24) is 9.80 Å². The Morgan fingerprint density at radius 2 is 1.78 bits per heavy atom. The highest BCUT2D eigenvalue weighted by Gasteiger charge is 2.16. The van der Waals surface area contributed by atoms with Crippen LogP contribution in [-0.2, 0) is 11.3 Å². The van der Waals surface area contributed by atoms with Gasteiger partial charge in [0.05, 0.1) is 27.4 Å². The van der Waals surface area contributed by atoms with Crippen molar-refractivity contribution in [3.8, 4) is 11.5 Å². The summed E-state index contributed by atoms with van der Waals surface area (Å²) >= 11 is 5.86. The molecule has 0 saturated carbocycles. The van der Waals surface area contributed by atoms with Gasteiger partial charge in [0.1, 0.15) is 11.5 Å². The number of anilines is 1. The molecule has 2 aromatic rings. The smallest absolute Gasteiger partial charge is 0.173 e. The molecule has 0 unspecified atom stereocenters. The molecule has 32 heavy (non-hydrogen) atoms. The van der Waals surface area contributed by atoms with Gasteiger partial charge in [0, 0.05) is 50.0 Å². The van der Waals surface area contributed by atoms with Crippen LogP contribution in [0.4, 0.5) is 5.69 Å². The first kappa shape index (κ1) is 24.3. The van der Waals surface area contributed by atoms with Crippen LogP contribution in [0.1, 0.15) is 23.1 Å². The summed E-state index contributed by atoms with van der Waals surface area (Å²) in [7, 11) is 3.35. The van der Waals surface area contributed by atoms with Gasteiger partial charge in [-0.1, -0.05) is 6.07 Å². The molecule has 0 radical (unpaired) electrons. The molecule has 0 spiro atoms. The Hall–Kier alpha value is -2.35. The lowest BCUT2D eigenvalue weighted by Crippen LogP contribution is -2.40. The molecular weight excluding hydrogens is 422 g/mol. The number of nitrogens with zero attached hydrogens (tertiary/aromatic N) is 2. The van der Waals surface area contributed by atoms with Gasteiger partial charge in [0.2, 0.25) is 0 Å². The molecule has 2 aromatic carbocycles. The molecule has 3 rings (SSSR count). The van der Waals surface area contributed by atoms with Crippen molar-refractivity contribution in [2.75, 3.05) is 58.9 Å². The van der Waals surface area contributed by atoms with E-state index < -0.39 is 0 Å². The number of hydrogen-bond acceptors (Lipinski definition) is 5. The summed E-state index contributed by atoms with van der Waals surface area (Å²) < 4.78 is 16.4. The highest BCUT2D eigenvalue weighted by Crippen LogP contribution is 2.26. The van der Waals surface area contributed by atoms with Crippen molar-refractivity contribution in [2.45, 2.75) is 26.8 Å². The Morgan fingerprint density at radius 3 is 2.44 bits per heavy atom. The molecule has 1 aliphatic rings. The van der Waals surface area contributed by atoms with Crippen LogP contribution in [0.25, 0.3) is 0 Å². The van der Waals surface area contributed by atoms with E-state index in [1.165, 1.54) is 11.1 Å². The van der Waals surface area contributed by atoms with E-state index >= 15 is 0 Å². The average molecular weight is 458 g/mol. The number of morpholine rings is 1. The van der Waals surface area contributed by atoms with Gasteiger partial charge in [0.15, 0.2) is 5.11 Å². The third kappa shape index (κ3) is 7.08. The van der Waals surface area contributed by atoms with E-state index in [1.54, 1.807) is 14.2 Å². The SMILES string of the molecule is COc1ccc(CN(CCCN2CCOCC2)C(=S)Nc2cc(C)cc(C)c2)c(OC)c1. The highest BCUT2D eigenvalue weighted by atomic mass is 32.1. The molecular formula is C25H35N3O3S. The Bertz CT molecular complexity index is 880. The van der Waals surface area contributed by atoms with E-state index in [4.69, 9.17) is 26.4 Å². The van der Waals surface area contributed by atoms with E-state index in [2.05, 4.69) is 47.2 Å².